The van der Waals surface area contributed by atoms with Gasteiger partial charge in [-0.1, -0.05) is 31.9 Å². The van der Waals surface area contributed by atoms with Gasteiger partial charge in [-0.15, -0.1) is 0 Å². The lowest BCUT2D eigenvalue weighted by Crippen LogP contribution is -2.07. The Morgan fingerprint density at radius 2 is 1.78 bits per heavy atom. The molecular weight excluding hydrogens is 252 g/mol. The summed E-state index contributed by atoms with van der Waals surface area (Å²) in [4.78, 5) is -0.0993. The van der Waals surface area contributed by atoms with Crippen molar-refractivity contribution in [1.29, 1.82) is 0 Å². The minimum atomic E-state index is -4.11. The summed E-state index contributed by atoms with van der Waals surface area (Å²) in [6, 6.07) is 6.08. The number of benzene rings is 1. The van der Waals surface area contributed by atoms with Gasteiger partial charge >= 0.3 is 0 Å². The van der Waals surface area contributed by atoms with Gasteiger partial charge in [0.15, 0.2) is 0 Å². The summed E-state index contributed by atoms with van der Waals surface area (Å²) < 4.78 is 30.5. The van der Waals surface area contributed by atoms with E-state index in [-0.39, 0.29) is 11.0 Å². The normalized spacial score (nSPS) is 13.5. The summed E-state index contributed by atoms with van der Waals surface area (Å²) >= 11 is 0. The fourth-order valence-electron chi connectivity index (χ4n) is 1.75. The molecule has 0 bridgehead atoms. The fourth-order valence-corrected chi connectivity index (χ4v) is 2.23. The van der Waals surface area contributed by atoms with E-state index in [2.05, 4.69) is 6.92 Å². The number of aliphatic hydroxyl groups is 1. The first-order valence-corrected chi connectivity index (χ1v) is 7.62. The lowest BCUT2D eigenvalue weighted by atomic mass is 10.0. The minimum absolute atomic E-state index is 0.0993. The summed E-state index contributed by atoms with van der Waals surface area (Å²) in [5.41, 5.74) is 0.956. The number of hydrogen-bond acceptors (Lipinski definition) is 3. The van der Waals surface area contributed by atoms with Crippen LogP contribution in [-0.2, 0) is 16.5 Å². The van der Waals surface area contributed by atoms with Gasteiger partial charge in [0.05, 0.1) is 11.0 Å². The van der Waals surface area contributed by atoms with E-state index in [0.717, 1.165) is 24.8 Å². The van der Waals surface area contributed by atoms with Crippen molar-refractivity contribution in [3.8, 4) is 0 Å². The molecule has 4 nitrogen and oxygen atoms in total. The topological polar surface area (TPSA) is 74.6 Å². The lowest BCUT2D eigenvalue weighted by Gasteiger charge is -2.09. The molecule has 0 fully saturated rings. The van der Waals surface area contributed by atoms with Crippen LogP contribution in [0.4, 0.5) is 0 Å². The average molecular weight is 272 g/mol. The molecular formula is C13H20O4S. The fraction of sp³-hybridized carbons (Fsp3) is 0.538. The van der Waals surface area contributed by atoms with E-state index in [4.69, 9.17) is 4.55 Å². The van der Waals surface area contributed by atoms with Crippen LogP contribution in [0.5, 0.6) is 0 Å². The standard InChI is InChI=1S/C13H20O4S/c1-2-3-4-12(14)8-5-11-6-9-13(10-7-11)18(15,16)17/h6-7,9-10,12,14H,2-5,8H2,1H3,(H,15,16,17). The number of aliphatic hydroxyl groups excluding tert-OH is 1. The Labute approximate surface area is 108 Å². The molecule has 0 radical (unpaired) electrons. The molecule has 0 heterocycles. The van der Waals surface area contributed by atoms with Crippen molar-refractivity contribution in [3.05, 3.63) is 29.8 Å². The first-order chi connectivity index (χ1) is 8.43. The van der Waals surface area contributed by atoms with Crippen molar-refractivity contribution >= 4 is 10.1 Å². The maximum Gasteiger partial charge on any atom is 0.294 e. The molecule has 0 aliphatic carbocycles. The molecule has 5 heteroatoms. The third kappa shape index (κ3) is 5.16. The van der Waals surface area contributed by atoms with Crippen LogP contribution in [-0.4, -0.2) is 24.2 Å². The molecule has 1 aromatic rings. The molecule has 0 spiro atoms. The van der Waals surface area contributed by atoms with Gasteiger partial charge in [-0.05, 0) is 37.0 Å². The Hall–Kier alpha value is -0.910. The molecule has 0 aliphatic rings. The largest absolute Gasteiger partial charge is 0.393 e. The maximum atomic E-state index is 10.8. The van der Waals surface area contributed by atoms with Gasteiger partial charge in [-0.3, -0.25) is 4.55 Å². The monoisotopic (exact) mass is 272 g/mol. The van der Waals surface area contributed by atoms with E-state index in [1.165, 1.54) is 12.1 Å². The molecule has 0 saturated carbocycles. The third-order valence-corrected chi connectivity index (χ3v) is 3.75. The van der Waals surface area contributed by atoms with Gasteiger partial charge in [-0.25, -0.2) is 0 Å². The predicted molar refractivity (Wildman–Crippen MR) is 70.1 cm³/mol. The predicted octanol–water partition coefficient (Wildman–Crippen LogP) is 2.42. The van der Waals surface area contributed by atoms with Gasteiger partial charge in [0.25, 0.3) is 10.1 Å². The van der Waals surface area contributed by atoms with Crippen LogP contribution in [0.1, 0.15) is 38.2 Å². The van der Waals surface area contributed by atoms with Crippen LogP contribution < -0.4 is 0 Å². The van der Waals surface area contributed by atoms with E-state index in [0.29, 0.717) is 12.8 Å². The van der Waals surface area contributed by atoms with E-state index < -0.39 is 10.1 Å². The zero-order valence-electron chi connectivity index (χ0n) is 10.5. The molecule has 1 rings (SSSR count). The highest BCUT2D eigenvalue weighted by Gasteiger charge is 2.09. The molecule has 0 saturated heterocycles. The highest BCUT2D eigenvalue weighted by molar-refractivity contribution is 7.85. The first kappa shape index (κ1) is 15.1. The molecule has 0 aromatic heterocycles. The van der Waals surface area contributed by atoms with Crippen molar-refractivity contribution in [3.63, 3.8) is 0 Å². The van der Waals surface area contributed by atoms with Gasteiger partial charge in [-0.2, -0.15) is 8.42 Å². The molecule has 0 amide bonds. The second-order valence-electron chi connectivity index (χ2n) is 4.45. The lowest BCUT2D eigenvalue weighted by molar-refractivity contribution is 0.152. The Morgan fingerprint density at radius 3 is 2.28 bits per heavy atom. The van der Waals surface area contributed by atoms with Crippen molar-refractivity contribution in [2.75, 3.05) is 0 Å². The minimum Gasteiger partial charge on any atom is -0.393 e. The quantitative estimate of drug-likeness (QED) is 0.747. The molecule has 18 heavy (non-hydrogen) atoms. The van der Waals surface area contributed by atoms with Crippen molar-refractivity contribution in [2.24, 2.45) is 0 Å². The van der Waals surface area contributed by atoms with Crippen molar-refractivity contribution in [1.82, 2.24) is 0 Å². The van der Waals surface area contributed by atoms with E-state index in [9.17, 15) is 13.5 Å². The molecule has 1 unspecified atom stereocenters. The summed E-state index contributed by atoms with van der Waals surface area (Å²) in [5, 5.41) is 9.69. The zero-order chi connectivity index (χ0) is 13.6. The molecule has 1 aromatic carbocycles. The summed E-state index contributed by atoms with van der Waals surface area (Å²) in [6.07, 6.45) is 3.97. The van der Waals surface area contributed by atoms with Crippen LogP contribution in [0.25, 0.3) is 0 Å². The zero-order valence-corrected chi connectivity index (χ0v) is 11.4. The van der Waals surface area contributed by atoms with Crippen LogP contribution in [0.2, 0.25) is 0 Å². The molecule has 1 atom stereocenters. The van der Waals surface area contributed by atoms with Gasteiger partial charge in [0.1, 0.15) is 0 Å². The Kier molecular flexibility index (Phi) is 5.78. The Balaban J connectivity index is 2.49. The molecule has 102 valence electrons. The third-order valence-electron chi connectivity index (χ3n) is 2.88. The van der Waals surface area contributed by atoms with Gasteiger partial charge in [0.2, 0.25) is 0 Å². The molecule has 0 aliphatic heterocycles. The van der Waals surface area contributed by atoms with Gasteiger partial charge < -0.3 is 5.11 Å². The highest BCUT2D eigenvalue weighted by Crippen LogP contribution is 2.13. The highest BCUT2D eigenvalue weighted by atomic mass is 32.2. The van der Waals surface area contributed by atoms with E-state index >= 15 is 0 Å². The summed E-state index contributed by atoms with van der Waals surface area (Å²) in [5.74, 6) is 0. The van der Waals surface area contributed by atoms with Crippen LogP contribution in [0.3, 0.4) is 0 Å². The van der Waals surface area contributed by atoms with Gasteiger partial charge in [0, 0.05) is 0 Å². The Bertz CT molecular complexity index is 450. The summed E-state index contributed by atoms with van der Waals surface area (Å²) in [6.45, 7) is 2.08. The van der Waals surface area contributed by atoms with Crippen LogP contribution in [0, 0.1) is 0 Å². The average Bonchev–Trinajstić information content (AvgIpc) is 2.33. The SMILES string of the molecule is CCCCC(O)CCc1ccc(S(=O)(=O)O)cc1. The summed E-state index contributed by atoms with van der Waals surface area (Å²) in [7, 11) is -4.11. The van der Waals surface area contributed by atoms with Crippen LogP contribution >= 0.6 is 0 Å². The number of aryl methyl sites for hydroxylation is 1. The maximum absolute atomic E-state index is 10.8. The van der Waals surface area contributed by atoms with Crippen LogP contribution in [0.15, 0.2) is 29.2 Å². The molecule has 2 N–H and O–H groups in total. The van der Waals surface area contributed by atoms with E-state index in [1.807, 2.05) is 0 Å². The number of unbranched alkanes of at least 4 members (excludes halogenated alkanes) is 1. The Morgan fingerprint density at radius 1 is 1.17 bits per heavy atom. The number of rotatable bonds is 7. The van der Waals surface area contributed by atoms with Crippen molar-refractivity contribution < 1.29 is 18.1 Å². The second-order valence-corrected chi connectivity index (χ2v) is 5.88. The smallest absolute Gasteiger partial charge is 0.294 e. The number of hydrogen-bond donors (Lipinski definition) is 2. The van der Waals surface area contributed by atoms with Crippen molar-refractivity contribution in [2.45, 2.75) is 50.0 Å². The van der Waals surface area contributed by atoms with E-state index in [1.54, 1.807) is 12.1 Å². The second kappa shape index (κ2) is 6.87. The first-order valence-electron chi connectivity index (χ1n) is 6.18.